The van der Waals surface area contributed by atoms with Crippen molar-refractivity contribution in [2.45, 2.75) is 64.8 Å². The van der Waals surface area contributed by atoms with E-state index in [1.807, 2.05) is 0 Å². The van der Waals surface area contributed by atoms with Crippen molar-refractivity contribution in [1.29, 1.82) is 0 Å². The predicted molar refractivity (Wildman–Crippen MR) is 81.1 cm³/mol. The molecule has 0 aliphatic carbocycles. The fraction of sp³-hybridized carbons (Fsp3) is 1.00. The molecule has 0 heterocycles. The average molecular weight is 296 g/mol. The fourth-order valence-electron chi connectivity index (χ4n) is 1.45. The van der Waals surface area contributed by atoms with Crippen molar-refractivity contribution in [3.05, 3.63) is 0 Å². The maximum absolute atomic E-state index is 11.9. The lowest BCUT2D eigenvalue weighted by atomic mass is 10.0. The van der Waals surface area contributed by atoms with Crippen molar-refractivity contribution in [3.63, 3.8) is 0 Å². The molecule has 0 spiro atoms. The summed E-state index contributed by atoms with van der Waals surface area (Å²) >= 11 is 0. The Labute approximate surface area is 115 Å². The van der Waals surface area contributed by atoms with Gasteiger partial charge in [0.1, 0.15) is 4.99 Å². The van der Waals surface area contributed by atoms with Gasteiger partial charge < -0.3 is 0 Å². The zero-order valence-electron chi connectivity index (χ0n) is 12.2. The molecule has 0 saturated carbocycles. The molecule has 0 aromatic rings. The van der Waals surface area contributed by atoms with E-state index in [0.717, 1.165) is 25.7 Å². The average Bonchev–Trinajstić information content (AvgIpc) is 2.34. The van der Waals surface area contributed by atoms with Gasteiger partial charge in [-0.1, -0.05) is 40.5 Å². The molecule has 0 aromatic heterocycles. The SMILES string of the molecule is CCC(C)CCOS(=O)(=O)C(P)CCC(C)CC. The van der Waals surface area contributed by atoms with E-state index in [9.17, 15) is 8.42 Å². The van der Waals surface area contributed by atoms with Crippen LogP contribution in [0.2, 0.25) is 0 Å². The van der Waals surface area contributed by atoms with Gasteiger partial charge in [-0.15, -0.1) is 9.24 Å². The summed E-state index contributed by atoms with van der Waals surface area (Å²) in [5.41, 5.74) is 0. The predicted octanol–water partition coefficient (Wildman–Crippen LogP) is 3.80. The molecule has 0 bridgehead atoms. The van der Waals surface area contributed by atoms with Crippen LogP contribution in [-0.2, 0) is 14.3 Å². The number of hydrogen-bond donors (Lipinski definition) is 0. The van der Waals surface area contributed by atoms with Crippen LogP contribution in [0, 0.1) is 11.8 Å². The Morgan fingerprint density at radius 3 is 2.00 bits per heavy atom. The van der Waals surface area contributed by atoms with E-state index < -0.39 is 15.1 Å². The molecular formula is C13H29O3PS. The summed E-state index contributed by atoms with van der Waals surface area (Å²) in [6, 6.07) is 0. The molecule has 110 valence electrons. The van der Waals surface area contributed by atoms with Gasteiger partial charge in [-0.05, 0) is 31.1 Å². The van der Waals surface area contributed by atoms with Gasteiger partial charge in [-0.2, -0.15) is 8.42 Å². The third kappa shape index (κ3) is 7.70. The molecule has 3 nitrogen and oxygen atoms in total. The second-order valence-corrected chi connectivity index (χ2v) is 8.36. The number of rotatable bonds is 10. The first-order valence-electron chi connectivity index (χ1n) is 6.97. The molecule has 0 amide bonds. The third-order valence-corrected chi connectivity index (χ3v) is 6.37. The maximum Gasteiger partial charge on any atom is 0.273 e. The van der Waals surface area contributed by atoms with Crippen LogP contribution < -0.4 is 0 Å². The topological polar surface area (TPSA) is 43.4 Å². The molecule has 0 aliphatic rings. The zero-order chi connectivity index (χ0) is 14.2. The lowest BCUT2D eigenvalue weighted by Crippen LogP contribution is -2.19. The Kier molecular flexibility index (Phi) is 9.45. The van der Waals surface area contributed by atoms with E-state index in [4.69, 9.17) is 4.18 Å². The van der Waals surface area contributed by atoms with E-state index in [0.29, 0.717) is 24.9 Å². The summed E-state index contributed by atoms with van der Waals surface area (Å²) in [6.07, 6.45) is 4.54. The van der Waals surface area contributed by atoms with Crippen LogP contribution in [0.4, 0.5) is 0 Å². The molecule has 0 rings (SSSR count). The van der Waals surface area contributed by atoms with E-state index in [2.05, 4.69) is 36.9 Å². The molecule has 5 heteroatoms. The van der Waals surface area contributed by atoms with Crippen molar-refractivity contribution in [1.82, 2.24) is 0 Å². The Balaban J connectivity index is 4.04. The van der Waals surface area contributed by atoms with Crippen LogP contribution in [-0.4, -0.2) is 20.0 Å². The lowest BCUT2D eigenvalue weighted by molar-refractivity contribution is 0.283. The van der Waals surface area contributed by atoms with Gasteiger partial charge >= 0.3 is 0 Å². The summed E-state index contributed by atoms with van der Waals surface area (Å²) in [5.74, 6) is 1.09. The normalized spacial score (nSPS) is 17.4. The molecule has 0 radical (unpaired) electrons. The van der Waals surface area contributed by atoms with Crippen molar-refractivity contribution < 1.29 is 12.6 Å². The molecular weight excluding hydrogens is 267 g/mol. The van der Waals surface area contributed by atoms with Gasteiger partial charge in [0.15, 0.2) is 0 Å². The van der Waals surface area contributed by atoms with E-state index >= 15 is 0 Å². The van der Waals surface area contributed by atoms with Gasteiger partial charge in [0.2, 0.25) is 0 Å². The van der Waals surface area contributed by atoms with Gasteiger partial charge in [0.05, 0.1) is 6.61 Å². The van der Waals surface area contributed by atoms with Crippen molar-refractivity contribution in [3.8, 4) is 0 Å². The second kappa shape index (κ2) is 9.28. The smallest absolute Gasteiger partial charge is 0.270 e. The Hall–Kier alpha value is 0.340. The van der Waals surface area contributed by atoms with Crippen LogP contribution in [0.15, 0.2) is 0 Å². The monoisotopic (exact) mass is 296 g/mol. The summed E-state index contributed by atoms with van der Waals surface area (Å²) in [5, 5.41) is 0. The van der Waals surface area contributed by atoms with E-state index in [-0.39, 0.29) is 0 Å². The van der Waals surface area contributed by atoms with E-state index in [1.165, 1.54) is 0 Å². The fourth-order valence-corrected chi connectivity index (χ4v) is 2.81. The third-order valence-electron chi connectivity index (χ3n) is 3.57. The minimum atomic E-state index is -3.41. The van der Waals surface area contributed by atoms with Crippen molar-refractivity contribution in [2.75, 3.05) is 6.61 Å². The van der Waals surface area contributed by atoms with Crippen LogP contribution in [0.3, 0.4) is 0 Å². The molecule has 0 fully saturated rings. The molecule has 4 atom stereocenters. The first kappa shape index (κ1) is 18.3. The van der Waals surface area contributed by atoms with Crippen molar-refractivity contribution >= 4 is 19.4 Å². The quantitative estimate of drug-likeness (QED) is 0.455. The highest BCUT2D eigenvalue weighted by atomic mass is 32.2. The standard InChI is InChI=1S/C13H29O3PS/c1-5-11(3)7-8-13(17)18(14,15)16-10-9-12(4)6-2/h11-13H,5-10,17H2,1-4H3. The summed E-state index contributed by atoms with van der Waals surface area (Å²) in [4.78, 5) is -0.469. The largest absolute Gasteiger partial charge is 0.273 e. The molecule has 4 unspecified atom stereocenters. The van der Waals surface area contributed by atoms with Crippen molar-refractivity contribution in [2.24, 2.45) is 11.8 Å². The van der Waals surface area contributed by atoms with Gasteiger partial charge in [0.25, 0.3) is 10.1 Å². The highest BCUT2D eigenvalue weighted by molar-refractivity contribution is 7.91. The first-order chi connectivity index (χ1) is 8.33. The Bertz CT molecular complexity index is 303. The maximum atomic E-state index is 11.9. The van der Waals surface area contributed by atoms with E-state index in [1.54, 1.807) is 0 Å². The minimum Gasteiger partial charge on any atom is -0.270 e. The van der Waals surface area contributed by atoms with Crippen LogP contribution in [0.25, 0.3) is 0 Å². The van der Waals surface area contributed by atoms with Crippen LogP contribution >= 0.6 is 9.24 Å². The molecule has 0 aliphatic heterocycles. The lowest BCUT2D eigenvalue weighted by Gasteiger charge is -2.15. The van der Waals surface area contributed by atoms with Crippen LogP contribution in [0.5, 0.6) is 0 Å². The Morgan fingerprint density at radius 2 is 1.50 bits per heavy atom. The summed E-state index contributed by atoms with van der Waals surface area (Å²) in [6.45, 7) is 8.79. The van der Waals surface area contributed by atoms with Gasteiger partial charge in [0, 0.05) is 0 Å². The summed E-state index contributed by atoms with van der Waals surface area (Å²) in [7, 11) is -0.997. The molecule has 0 saturated heterocycles. The first-order valence-corrected chi connectivity index (χ1v) is 9.11. The molecule has 0 N–H and O–H groups in total. The molecule has 0 aromatic carbocycles. The summed E-state index contributed by atoms with van der Waals surface area (Å²) < 4.78 is 28.8. The zero-order valence-corrected chi connectivity index (χ0v) is 14.2. The van der Waals surface area contributed by atoms with Crippen LogP contribution in [0.1, 0.15) is 59.8 Å². The highest BCUT2D eigenvalue weighted by Gasteiger charge is 2.22. The van der Waals surface area contributed by atoms with Gasteiger partial charge in [-0.3, -0.25) is 4.18 Å². The molecule has 18 heavy (non-hydrogen) atoms. The Morgan fingerprint density at radius 1 is 1.00 bits per heavy atom. The highest BCUT2D eigenvalue weighted by Crippen LogP contribution is 2.22. The van der Waals surface area contributed by atoms with Gasteiger partial charge in [-0.25, -0.2) is 0 Å². The minimum absolute atomic E-state index is 0.311. The number of hydrogen-bond acceptors (Lipinski definition) is 3. The second-order valence-electron chi connectivity index (χ2n) is 5.25.